The van der Waals surface area contributed by atoms with Crippen LogP contribution in [0.4, 0.5) is 16.5 Å². The van der Waals surface area contributed by atoms with E-state index in [1.54, 1.807) is 11.3 Å². The number of nitrogens with two attached hydrogens (primary N) is 1. The van der Waals surface area contributed by atoms with Gasteiger partial charge in [0.15, 0.2) is 5.13 Å². The second kappa shape index (κ2) is 5.38. The summed E-state index contributed by atoms with van der Waals surface area (Å²) in [5.74, 6) is 0. The van der Waals surface area contributed by atoms with Crippen molar-refractivity contribution in [2.24, 2.45) is 0 Å². The van der Waals surface area contributed by atoms with Crippen molar-refractivity contribution in [3.63, 3.8) is 0 Å². The van der Waals surface area contributed by atoms with E-state index in [1.807, 2.05) is 23.7 Å². The molecule has 0 spiro atoms. The maximum absolute atomic E-state index is 6.09. The first-order valence-electron chi connectivity index (χ1n) is 6.18. The Kier molecular flexibility index (Phi) is 3.61. The van der Waals surface area contributed by atoms with Crippen LogP contribution < -0.4 is 15.5 Å². The summed E-state index contributed by atoms with van der Waals surface area (Å²) in [6, 6.07) is 6.08. The fourth-order valence-electron chi connectivity index (χ4n) is 2.32. The minimum atomic E-state index is 0.831. The third-order valence-electron chi connectivity index (χ3n) is 3.30. The minimum absolute atomic E-state index is 0.831. The van der Waals surface area contributed by atoms with Crippen LogP contribution >= 0.6 is 27.3 Å². The number of thiazole rings is 1. The van der Waals surface area contributed by atoms with E-state index in [2.05, 4.69) is 36.8 Å². The molecule has 0 atom stereocenters. The number of benzene rings is 1. The zero-order chi connectivity index (χ0) is 13.2. The molecule has 2 heterocycles. The molecular weight excluding hydrogens is 324 g/mol. The largest absolute Gasteiger partial charge is 0.397 e. The van der Waals surface area contributed by atoms with Crippen LogP contribution in [0.15, 0.2) is 34.2 Å². The zero-order valence-corrected chi connectivity index (χ0v) is 12.8. The molecule has 1 aromatic carbocycles. The molecule has 1 saturated heterocycles. The molecule has 4 nitrogen and oxygen atoms in total. The smallest absolute Gasteiger partial charge is 0.185 e. The Morgan fingerprint density at radius 2 is 1.89 bits per heavy atom. The van der Waals surface area contributed by atoms with Crippen molar-refractivity contribution in [3.8, 4) is 0 Å². The lowest BCUT2D eigenvalue weighted by Gasteiger charge is -2.36. The predicted octanol–water partition coefficient (Wildman–Crippen LogP) is 2.81. The van der Waals surface area contributed by atoms with Gasteiger partial charge in [-0.05, 0) is 18.2 Å². The Morgan fingerprint density at radius 3 is 2.53 bits per heavy atom. The quantitative estimate of drug-likeness (QED) is 0.855. The Labute approximate surface area is 125 Å². The average molecular weight is 339 g/mol. The van der Waals surface area contributed by atoms with E-state index in [4.69, 9.17) is 5.73 Å². The molecule has 1 fully saturated rings. The molecule has 19 heavy (non-hydrogen) atoms. The van der Waals surface area contributed by atoms with Gasteiger partial charge < -0.3 is 15.5 Å². The van der Waals surface area contributed by atoms with Crippen molar-refractivity contribution in [2.45, 2.75) is 0 Å². The van der Waals surface area contributed by atoms with Crippen molar-refractivity contribution >= 4 is 43.8 Å². The molecule has 6 heteroatoms. The number of hydrogen-bond donors (Lipinski definition) is 1. The number of aromatic nitrogens is 1. The minimum Gasteiger partial charge on any atom is -0.397 e. The highest BCUT2D eigenvalue weighted by Gasteiger charge is 2.20. The first kappa shape index (κ1) is 12.7. The number of halogens is 1. The van der Waals surface area contributed by atoms with Gasteiger partial charge in [-0.25, -0.2) is 4.98 Å². The number of nitrogen functional groups attached to an aromatic ring is 1. The second-order valence-corrected chi connectivity index (χ2v) is 6.28. The number of anilines is 3. The van der Waals surface area contributed by atoms with Gasteiger partial charge in [-0.15, -0.1) is 11.3 Å². The molecule has 0 amide bonds. The molecule has 3 rings (SSSR count). The maximum atomic E-state index is 6.09. The maximum Gasteiger partial charge on any atom is 0.185 e. The highest BCUT2D eigenvalue weighted by atomic mass is 79.9. The number of nitrogens with zero attached hydrogens (tertiary/aromatic N) is 3. The molecule has 0 unspecified atom stereocenters. The second-order valence-electron chi connectivity index (χ2n) is 4.49. The van der Waals surface area contributed by atoms with E-state index in [0.717, 1.165) is 47.2 Å². The van der Waals surface area contributed by atoms with E-state index in [1.165, 1.54) is 0 Å². The molecule has 0 bridgehead atoms. The topological polar surface area (TPSA) is 45.4 Å². The standard InChI is InChI=1S/C13H15BrN4S/c14-10-1-2-12(11(15)9-10)17-4-6-18(7-5-17)13-16-3-8-19-13/h1-3,8-9H,4-7,15H2. The van der Waals surface area contributed by atoms with Crippen LogP contribution in [0.5, 0.6) is 0 Å². The van der Waals surface area contributed by atoms with Crippen molar-refractivity contribution in [3.05, 3.63) is 34.2 Å². The molecule has 1 aliphatic heterocycles. The fraction of sp³-hybridized carbons (Fsp3) is 0.308. The van der Waals surface area contributed by atoms with E-state index in [9.17, 15) is 0 Å². The molecule has 0 saturated carbocycles. The lowest BCUT2D eigenvalue weighted by atomic mass is 10.2. The SMILES string of the molecule is Nc1cc(Br)ccc1N1CCN(c2nccs2)CC1. The Morgan fingerprint density at radius 1 is 1.16 bits per heavy atom. The molecule has 2 N–H and O–H groups in total. The Balaban J connectivity index is 1.70. The molecule has 2 aromatic rings. The summed E-state index contributed by atoms with van der Waals surface area (Å²) in [6.07, 6.45) is 1.86. The van der Waals surface area contributed by atoms with Gasteiger partial charge >= 0.3 is 0 Å². The van der Waals surface area contributed by atoms with Gasteiger partial charge in [0.25, 0.3) is 0 Å². The van der Waals surface area contributed by atoms with Gasteiger partial charge in [0.1, 0.15) is 0 Å². The lowest BCUT2D eigenvalue weighted by Crippen LogP contribution is -2.46. The van der Waals surface area contributed by atoms with Crippen LogP contribution in [0, 0.1) is 0 Å². The van der Waals surface area contributed by atoms with Crippen LogP contribution in [-0.2, 0) is 0 Å². The van der Waals surface area contributed by atoms with E-state index in [0.29, 0.717) is 0 Å². The third-order valence-corrected chi connectivity index (χ3v) is 4.63. The third kappa shape index (κ3) is 2.69. The van der Waals surface area contributed by atoms with Crippen molar-refractivity contribution < 1.29 is 0 Å². The van der Waals surface area contributed by atoms with E-state index in [-0.39, 0.29) is 0 Å². The van der Waals surface area contributed by atoms with Crippen LogP contribution in [0.2, 0.25) is 0 Å². The number of hydrogen-bond acceptors (Lipinski definition) is 5. The van der Waals surface area contributed by atoms with Gasteiger partial charge in [0.2, 0.25) is 0 Å². The lowest BCUT2D eigenvalue weighted by molar-refractivity contribution is 0.652. The molecule has 1 aromatic heterocycles. The van der Waals surface area contributed by atoms with Crippen LogP contribution in [0.3, 0.4) is 0 Å². The van der Waals surface area contributed by atoms with Crippen LogP contribution in [-0.4, -0.2) is 31.2 Å². The molecule has 100 valence electrons. The zero-order valence-electron chi connectivity index (χ0n) is 10.4. The monoisotopic (exact) mass is 338 g/mol. The average Bonchev–Trinajstić information content (AvgIpc) is 2.93. The predicted molar refractivity (Wildman–Crippen MR) is 85.1 cm³/mol. The Bertz CT molecular complexity index is 550. The van der Waals surface area contributed by atoms with Crippen LogP contribution in [0.1, 0.15) is 0 Å². The van der Waals surface area contributed by atoms with Gasteiger partial charge in [-0.2, -0.15) is 0 Å². The van der Waals surface area contributed by atoms with E-state index >= 15 is 0 Å². The first-order valence-corrected chi connectivity index (χ1v) is 7.86. The summed E-state index contributed by atoms with van der Waals surface area (Å²) < 4.78 is 1.02. The van der Waals surface area contributed by atoms with Gasteiger partial charge in [-0.3, -0.25) is 0 Å². The highest BCUT2D eigenvalue weighted by Crippen LogP contribution is 2.28. The summed E-state index contributed by atoms with van der Waals surface area (Å²) in [6.45, 7) is 3.93. The van der Waals surface area contributed by atoms with E-state index < -0.39 is 0 Å². The fourth-order valence-corrected chi connectivity index (χ4v) is 3.40. The first-order chi connectivity index (χ1) is 9.24. The summed E-state index contributed by atoms with van der Waals surface area (Å²) >= 11 is 5.14. The van der Waals surface area contributed by atoms with Gasteiger partial charge in [0.05, 0.1) is 11.4 Å². The van der Waals surface area contributed by atoms with Crippen molar-refractivity contribution in [1.29, 1.82) is 0 Å². The summed E-state index contributed by atoms with van der Waals surface area (Å²) in [5.41, 5.74) is 8.04. The highest BCUT2D eigenvalue weighted by molar-refractivity contribution is 9.10. The van der Waals surface area contributed by atoms with Crippen molar-refractivity contribution in [1.82, 2.24) is 4.98 Å². The molecule has 1 aliphatic rings. The molecule has 0 aliphatic carbocycles. The van der Waals surface area contributed by atoms with Crippen LogP contribution in [0.25, 0.3) is 0 Å². The summed E-state index contributed by atoms with van der Waals surface area (Å²) in [4.78, 5) is 9.03. The van der Waals surface area contributed by atoms with Crippen molar-refractivity contribution in [2.75, 3.05) is 41.7 Å². The van der Waals surface area contributed by atoms with Gasteiger partial charge in [-0.1, -0.05) is 15.9 Å². The molecular formula is C13H15BrN4S. The van der Waals surface area contributed by atoms with Gasteiger partial charge in [0, 0.05) is 42.2 Å². The summed E-state index contributed by atoms with van der Waals surface area (Å²) in [7, 11) is 0. The normalized spacial score (nSPS) is 15.8. The number of rotatable bonds is 2. The Hall–Kier alpha value is -1.27. The molecule has 0 radical (unpaired) electrons. The summed E-state index contributed by atoms with van der Waals surface area (Å²) in [5, 5.41) is 3.14. The number of piperazine rings is 1.